The summed E-state index contributed by atoms with van der Waals surface area (Å²) >= 11 is 3.11. The zero-order chi connectivity index (χ0) is 16.4. The minimum Gasteiger partial charge on any atom is -0.497 e. The first-order chi connectivity index (χ1) is 11.1. The van der Waals surface area contributed by atoms with Crippen LogP contribution in [0.3, 0.4) is 0 Å². The highest BCUT2D eigenvalue weighted by Crippen LogP contribution is 2.30. The van der Waals surface area contributed by atoms with Crippen LogP contribution < -0.4 is 4.74 Å². The van der Waals surface area contributed by atoms with E-state index in [1.807, 2.05) is 29.2 Å². The van der Waals surface area contributed by atoms with Gasteiger partial charge in [0.05, 0.1) is 11.6 Å². The maximum absolute atomic E-state index is 13.7. The molecule has 0 spiro atoms. The topological polar surface area (TPSA) is 29.5 Å². The Morgan fingerprint density at radius 2 is 1.96 bits per heavy atom. The Balaban J connectivity index is 1.80. The molecule has 1 amide bonds. The molecule has 3 nitrogen and oxygen atoms in total. The molecule has 0 aliphatic heterocycles. The summed E-state index contributed by atoms with van der Waals surface area (Å²) in [5.41, 5.74) is 1.41. The standard InChI is InChI=1S/C18H17BrFNO2/c1-23-15-7-2-12(3-8-15)11-21(14-5-6-14)18(22)13-4-9-16(19)17(20)10-13/h2-4,7-10,14H,5-6,11H2,1H3. The molecular weight excluding hydrogens is 361 g/mol. The number of amides is 1. The molecule has 0 saturated heterocycles. The third-order valence-electron chi connectivity index (χ3n) is 3.93. The summed E-state index contributed by atoms with van der Waals surface area (Å²) in [7, 11) is 1.62. The Bertz CT molecular complexity index is 713. The van der Waals surface area contributed by atoms with Gasteiger partial charge in [0.15, 0.2) is 0 Å². The van der Waals surface area contributed by atoms with Crippen LogP contribution in [0, 0.1) is 5.82 Å². The lowest BCUT2D eigenvalue weighted by Crippen LogP contribution is -2.32. The predicted octanol–water partition coefficient (Wildman–Crippen LogP) is 4.40. The summed E-state index contributed by atoms with van der Waals surface area (Å²) in [5, 5.41) is 0. The number of methoxy groups -OCH3 is 1. The van der Waals surface area contributed by atoms with Gasteiger partial charge >= 0.3 is 0 Å². The van der Waals surface area contributed by atoms with Gasteiger partial charge in [0.1, 0.15) is 11.6 Å². The summed E-state index contributed by atoms with van der Waals surface area (Å²) in [6, 6.07) is 12.4. The molecule has 0 atom stereocenters. The van der Waals surface area contributed by atoms with E-state index >= 15 is 0 Å². The average molecular weight is 378 g/mol. The number of rotatable bonds is 5. The largest absolute Gasteiger partial charge is 0.497 e. The van der Waals surface area contributed by atoms with Crippen molar-refractivity contribution in [1.82, 2.24) is 4.90 Å². The number of benzene rings is 2. The van der Waals surface area contributed by atoms with E-state index in [1.165, 1.54) is 6.07 Å². The van der Waals surface area contributed by atoms with Gasteiger partial charge in [-0.25, -0.2) is 4.39 Å². The van der Waals surface area contributed by atoms with Crippen molar-refractivity contribution < 1.29 is 13.9 Å². The first-order valence-corrected chi connectivity index (χ1v) is 8.26. The highest BCUT2D eigenvalue weighted by atomic mass is 79.9. The SMILES string of the molecule is COc1ccc(CN(C(=O)c2ccc(Br)c(F)c2)C2CC2)cc1. The molecule has 23 heavy (non-hydrogen) atoms. The van der Waals surface area contributed by atoms with Crippen LogP contribution in [-0.4, -0.2) is 24.0 Å². The van der Waals surface area contributed by atoms with Gasteiger partial charge in [-0.15, -0.1) is 0 Å². The molecule has 2 aromatic rings. The maximum atomic E-state index is 13.7. The third-order valence-corrected chi connectivity index (χ3v) is 4.57. The second-order valence-corrected chi connectivity index (χ2v) is 6.50. The lowest BCUT2D eigenvalue weighted by Gasteiger charge is -2.23. The quantitative estimate of drug-likeness (QED) is 0.772. The number of ether oxygens (including phenoxy) is 1. The summed E-state index contributed by atoms with van der Waals surface area (Å²) in [5.74, 6) is 0.235. The maximum Gasteiger partial charge on any atom is 0.254 e. The number of carbonyl (C=O) groups is 1. The van der Waals surface area contributed by atoms with E-state index in [1.54, 1.807) is 19.2 Å². The number of nitrogens with zero attached hydrogens (tertiary/aromatic N) is 1. The van der Waals surface area contributed by atoms with Crippen LogP contribution in [0.25, 0.3) is 0 Å². The summed E-state index contributed by atoms with van der Waals surface area (Å²) in [4.78, 5) is 14.6. The van der Waals surface area contributed by atoms with Crippen molar-refractivity contribution in [3.05, 3.63) is 63.9 Å². The fraction of sp³-hybridized carbons (Fsp3) is 0.278. The first-order valence-electron chi connectivity index (χ1n) is 7.47. The van der Waals surface area contributed by atoms with Gasteiger partial charge in [-0.1, -0.05) is 12.1 Å². The van der Waals surface area contributed by atoms with Gasteiger partial charge in [-0.2, -0.15) is 0 Å². The fourth-order valence-corrected chi connectivity index (χ4v) is 2.72. The van der Waals surface area contributed by atoms with Crippen LogP contribution in [0.15, 0.2) is 46.9 Å². The van der Waals surface area contributed by atoms with E-state index in [4.69, 9.17) is 4.74 Å². The van der Waals surface area contributed by atoms with Crippen LogP contribution in [0.1, 0.15) is 28.8 Å². The van der Waals surface area contributed by atoms with Crippen molar-refractivity contribution in [1.29, 1.82) is 0 Å². The molecule has 1 aliphatic carbocycles. The normalized spacial score (nSPS) is 13.7. The van der Waals surface area contributed by atoms with Crippen molar-refractivity contribution in [3.63, 3.8) is 0 Å². The molecule has 0 unspecified atom stereocenters. The number of halogens is 2. The Hall–Kier alpha value is -1.88. The number of carbonyl (C=O) groups excluding carboxylic acids is 1. The lowest BCUT2D eigenvalue weighted by atomic mass is 10.1. The fourth-order valence-electron chi connectivity index (χ4n) is 2.48. The van der Waals surface area contributed by atoms with Gasteiger partial charge in [0.25, 0.3) is 5.91 Å². The minimum absolute atomic E-state index is 0.130. The Morgan fingerprint density at radius 3 is 2.52 bits per heavy atom. The molecule has 1 aliphatic rings. The molecule has 0 N–H and O–H groups in total. The van der Waals surface area contributed by atoms with E-state index < -0.39 is 5.82 Å². The Kier molecular flexibility index (Phi) is 4.66. The van der Waals surface area contributed by atoms with Crippen molar-refractivity contribution in [2.75, 3.05) is 7.11 Å². The van der Waals surface area contributed by atoms with Crippen molar-refractivity contribution in [3.8, 4) is 5.75 Å². The molecule has 120 valence electrons. The summed E-state index contributed by atoms with van der Waals surface area (Å²) in [6.45, 7) is 0.519. The summed E-state index contributed by atoms with van der Waals surface area (Å²) in [6.07, 6.45) is 2.00. The highest BCUT2D eigenvalue weighted by Gasteiger charge is 2.33. The van der Waals surface area contributed by atoms with Crippen LogP contribution in [0.4, 0.5) is 4.39 Å². The molecule has 0 radical (unpaired) electrons. The molecule has 1 fully saturated rings. The van der Waals surface area contributed by atoms with E-state index in [2.05, 4.69) is 15.9 Å². The predicted molar refractivity (Wildman–Crippen MR) is 90.0 cm³/mol. The molecular formula is C18H17BrFNO2. The number of hydrogen-bond donors (Lipinski definition) is 0. The molecule has 0 heterocycles. The van der Waals surface area contributed by atoms with Crippen LogP contribution in [0.2, 0.25) is 0 Å². The lowest BCUT2D eigenvalue weighted by molar-refractivity contribution is 0.0729. The molecule has 2 aromatic carbocycles. The zero-order valence-electron chi connectivity index (χ0n) is 12.8. The minimum atomic E-state index is -0.420. The Morgan fingerprint density at radius 1 is 1.26 bits per heavy atom. The Labute approximate surface area is 143 Å². The van der Waals surface area contributed by atoms with E-state index in [-0.39, 0.29) is 11.9 Å². The number of hydrogen-bond acceptors (Lipinski definition) is 2. The molecule has 1 saturated carbocycles. The van der Waals surface area contributed by atoms with E-state index in [0.29, 0.717) is 16.6 Å². The first kappa shape index (κ1) is 16.0. The van der Waals surface area contributed by atoms with Crippen molar-refractivity contribution in [2.24, 2.45) is 0 Å². The second kappa shape index (κ2) is 6.71. The van der Waals surface area contributed by atoms with Crippen molar-refractivity contribution in [2.45, 2.75) is 25.4 Å². The molecule has 0 bridgehead atoms. The van der Waals surface area contributed by atoms with Gasteiger partial charge in [0, 0.05) is 18.2 Å². The van der Waals surface area contributed by atoms with Crippen LogP contribution in [-0.2, 0) is 6.54 Å². The molecule has 0 aromatic heterocycles. The smallest absolute Gasteiger partial charge is 0.254 e. The summed E-state index contributed by atoms with van der Waals surface area (Å²) < 4.78 is 19.2. The van der Waals surface area contributed by atoms with E-state index in [0.717, 1.165) is 24.2 Å². The second-order valence-electron chi connectivity index (χ2n) is 5.64. The zero-order valence-corrected chi connectivity index (χ0v) is 14.3. The van der Waals surface area contributed by atoms with Gasteiger partial charge in [-0.05, 0) is 64.7 Å². The van der Waals surface area contributed by atoms with Crippen LogP contribution >= 0.6 is 15.9 Å². The van der Waals surface area contributed by atoms with Gasteiger partial charge in [-0.3, -0.25) is 4.79 Å². The monoisotopic (exact) mass is 377 g/mol. The van der Waals surface area contributed by atoms with Crippen LogP contribution in [0.5, 0.6) is 5.75 Å². The van der Waals surface area contributed by atoms with Gasteiger partial charge < -0.3 is 9.64 Å². The molecule has 3 rings (SSSR count). The van der Waals surface area contributed by atoms with Gasteiger partial charge in [0.2, 0.25) is 0 Å². The molecule has 5 heteroatoms. The third kappa shape index (κ3) is 3.72. The van der Waals surface area contributed by atoms with Crippen molar-refractivity contribution >= 4 is 21.8 Å². The highest BCUT2D eigenvalue weighted by molar-refractivity contribution is 9.10. The average Bonchev–Trinajstić information content (AvgIpc) is 3.40. The van der Waals surface area contributed by atoms with E-state index in [9.17, 15) is 9.18 Å².